The molecule has 5 aromatic rings. The van der Waals surface area contributed by atoms with Crippen LogP contribution in [-0.2, 0) is 9.59 Å². The lowest BCUT2D eigenvalue weighted by Gasteiger charge is -2.12. The summed E-state index contributed by atoms with van der Waals surface area (Å²) >= 11 is 2.61. The van der Waals surface area contributed by atoms with Crippen LogP contribution >= 0.6 is 23.1 Å². The molecule has 0 aliphatic rings. The molecule has 0 atom stereocenters. The third kappa shape index (κ3) is 8.76. The molecule has 0 fully saturated rings. The highest BCUT2D eigenvalue weighted by Crippen LogP contribution is 2.35. The Balaban J connectivity index is 1.25. The van der Waals surface area contributed by atoms with Gasteiger partial charge in [-0.25, -0.2) is 0 Å². The fourth-order valence-corrected chi connectivity index (χ4v) is 6.18. The van der Waals surface area contributed by atoms with E-state index in [1.807, 2.05) is 42.6 Å². The quantitative estimate of drug-likeness (QED) is 0.0987. The Morgan fingerprint density at radius 3 is 2.36 bits per heavy atom. The molecule has 5 rings (SSSR count). The number of nitriles is 1. The maximum Gasteiger partial charge on any atom is 0.272 e. The van der Waals surface area contributed by atoms with Crippen LogP contribution in [-0.4, -0.2) is 30.6 Å². The maximum atomic E-state index is 13.5. The third-order valence-electron chi connectivity index (χ3n) is 6.94. The molecular formula is C37H30N4O4S2. The predicted molar refractivity (Wildman–Crippen MR) is 189 cm³/mol. The molecule has 0 saturated heterocycles. The fourth-order valence-electron chi connectivity index (χ4n) is 4.49. The van der Waals surface area contributed by atoms with Gasteiger partial charge in [0.15, 0.2) is 0 Å². The molecule has 8 nitrogen and oxygen atoms in total. The summed E-state index contributed by atoms with van der Waals surface area (Å²) in [4.78, 5) is 40.0. The summed E-state index contributed by atoms with van der Waals surface area (Å²) in [7, 11) is 1.57. The number of rotatable bonds is 11. The Morgan fingerprint density at radius 1 is 0.915 bits per heavy atom. The molecule has 1 heterocycles. The first-order valence-corrected chi connectivity index (χ1v) is 16.3. The van der Waals surface area contributed by atoms with E-state index in [0.29, 0.717) is 33.1 Å². The molecule has 4 aromatic carbocycles. The summed E-state index contributed by atoms with van der Waals surface area (Å²) < 4.78 is 5.22. The number of hydrogen-bond donors (Lipinski definition) is 3. The number of methoxy groups -OCH3 is 1. The Labute approximate surface area is 281 Å². The topological polar surface area (TPSA) is 120 Å². The van der Waals surface area contributed by atoms with Gasteiger partial charge in [0.05, 0.1) is 18.4 Å². The third-order valence-corrected chi connectivity index (χ3v) is 8.83. The molecule has 47 heavy (non-hydrogen) atoms. The molecule has 0 saturated carbocycles. The van der Waals surface area contributed by atoms with Gasteiger partial charge in [-0.3, -0.25) is 14.4 Å². The van der Waals surface area contributed by atoms with Gasteiger partial charge in [-0.05, 0) is 66.6 Å². The van der Waals surface area contributed by atoms with Crippen molar-refractivity contribution in [2.24, 2.45) is 0 Å². The molecule has 3 amide bonds. The van der Waals surface area contributed by atoms with Crippen LogP contribution < -0.4 is 20.7 Å². The number of anilines is 2. The number of carbonyl (C=O) groups is 3. The number of amides is 3. The van der Waals surface area contributed by atoms with Crippen molar-refractivity contribution in [3.05, 3.63) is 136 Å². The summed E-state index contributed by atoms with van der Waals surface area (Å²) in [6.07, 6.45) is 1.59. The monoisotopic (exact) mass is 658 g/mol. The molecule has 0 radical (unpaired) electrons. The van der Waals surface area contributed by atoms with E-state index in [1.54, 1.807) is 86.0 Å². The van der Waals surface area contributed by atoms with Crippen molar-refractivity contribution in [3.8, 4) is 22.9 Å². The zero-order valence-electron chi connectivity index (χ0n) is 25.6. The highest BCUT2D eigenvalue weighted by molar-refractivity contribution is 8.00. The van der Waals surface area contributed by atoms with Crippen LogP contribution in [0.15, 0.2) is 119 Å². The molecule has 1 aromatic heterocycles. The van der Waals surface area contributed by atoms with Gasteiger partial charge in [-0.15, -0.1) is 23.1 Å². The van der Waals surface area contributed by atoms with Crippen molar-refractivity contribution in [2.75, 3.05) is 23.5 Å². The highest BCUT2D eigenvalue weighted by Gasteiger charge is 2.17. The van der Waals surface area contributed by atoms with Gasteiger partial charge in [-0.2, -0.15) is 5.26 Å². The maximum absolute atomic E-state index is 13.5. The second kappa shape index (κ2) is 15.6. The molecule has 10 heteroatoms. The van der Waals surface area contributed by atoms with Crippen LogP contribution in [0.2, 0.25) is 0 Å². The average molecular weight is 659 g/mol. The smallest absolute Gasteiger partial charge is 0.272 e. The standard InChI is InChI=1S/C37H30N4O4S2/c1-24-11-15-26(16-12-24)32-22-47-37(31(32)21-38)41-34(42)23-46-30-10-6-9-28(20-30)39-36(44)33(19-25-13-17-29(45-2)18-14-25)40-35(43)27-7-4-3-5-8-27/h3-20,22H,23H2,1-2H3,(H,39,44)(H,40,43)(H,41,42)/b33-19+. The van der Waals surface area contributed by atoms with Crippen molar-refractivity contribution < 1.29 is 19.1 Å². The number of nitrogens with one attached hydrogen (secondary N) is 3. The average Bonchev–Trinajstić information content (AvgIpc) is 3.50. The second-order valence-electron chi connectivity index (χ2n) is 10.3. The van der Waals surface area contributed by atoms with E-state index >= 15 is 0 Å². The van der Waals surface area contributed by atoms with Crippen LogP contribution in [0.3, 0.4) is 0 Å². The first kappa shape index (κ1) is 32.8. The molecule has 3 N–H and O–H groups in total. The molecule has 0 bridgehead atoms. The largest absolute Gasteiger partial charge is 0.497 e. The van der Waals surface area contributed by atoms with Gasteiger partial charge < -0.3 is 20.7 Å². The number of thiophene rings is 1. The van der Waals surface area contributed by atoms with Crippen molar-refractivity contribution in [3.63, 3.8) is 0 Å². The van der Waals surface area contributed by atoms with Gasteiger partial charge in [0.1, 0.15) is 22.5 Å². The van der Waals surface area contributed by atoms with Crippen molar-refractivity contribution in [1.82, 2.24) is 5.32 Å². The highest BCUT2D eigenvalue weighted by atomic mass is 32.2. The lowest BCUT2D eigenvalue weighted by molar-refractivity contribution is -0.114. The van der Waals surface area contributed by atoms with Gasteiger partial charge in [0, 0.05) is 27.1 Å². The number of thioether (sulfide) groups is 1. The van der Waals surface area contributed by atoms with Crippen LogP contribution in [0.25, 0.3) is 17.2 Å². The van der Waals surface area contributed by atoms with E-state index in [-0.39, 0.29) is 17.4 Å². The summed E-state index contributed by atoms with van der Waals surface area (Å²) in [6, 6.07) is 32.9. The van der Waals surface area contributed by atoms with Gasteiger partial charge >= 0.3 is 0 Å². The second-order valence-corrected chi connectivity index (χ2v) is 12.2. The Bertz CT molecular complexity index is 1960. The van der Waals surface area contributed by atoms with E-state index in [0.717, 1.165) is 21.6 Å². The molecule has 234 valence electrons. The summed E-state index contributed by atoms with van der Waals surface area (Å²) in [5.74, 6) is -0.442. The minimum atomic E-state index is -0.517. The molecule has 0 unspecified atom stereocenters. The first-order valence-electron chi connectivity index (χ1n) is 14.5. The number of nitrogens with zero attached hydrogens (tertiary/aromatic N) is 1. The minimum Gasteiger partial charge on any atom is -0.497 e. The number of carbonyl (C=O) groups excluding carboxylic acids is 3. The van der Waals surface area contributed by atoms with E-state index < -0.39 is 11.8 Å². The van der Waals surface area contributed by atoms with Crippen molar-refractivity contribution in [2.45, 2.75) is 11.8 Å². The van der Waals surface area contributed by atoms with Crippen LogP contribution in [0.1, 0.15) is 27.0 Å². The van der Waals surface area contributed by atoms with Crippen LogP contribution in [0, 0.1) is 18.3 Å². The number of aryl methyl sites for hydroxylation is 1. The van der Waals surface area contributed by atoms with E-state index in [9.17, 15) is 19.6 Å². The number of ether oxygens (including phenoxy) is 1. The minimum absolute atomic E-state index is 0.0516. The summed E-state index contributed by atoms with van der Waals surface area (Å²) in [5, 5.41) is 20.6. The van der Waals surface area contributed by atoms with E-state index in [1.165, 1.54) is 23.1 Å². The normalized spacial score (nSPS) is 10.9. The number of benzene rings is 4. The zero-order valence-corrected chi connectivity index (χ0v) is 27.2. The van der Waals surface area contributed by atoms with E-state index in [4.69, 9.17) is 4.74 Å². The first-order chi connectivity index (χ1) is 22.8. The molecule has 0 spiro atoms. The molecular weight excluding hydrogens is 629 g/mol. The molecule has 0 aliphatic carbocycles. The van der Waals surface area contributed by atoms with Gasteiger partial charge in [0.25, 0.3) is 11.8 Å². The van der Waals surface area contributed by atoms with Crippen LogP contribution in [0.5, 0.6) is 5.75 Å². The summed E-state index contributed by atoms with van der Waals surface area (Å²) in [5.41, 5.74) is 4.89. The Hall–Kier alpha value is -5.63. The van der Waals surface area contributed by atoms with E-state index in [2.05, 4.69) is 22.0 Å². The van der Waals surface area contributed by atoms with Crippen LogP contribution in [0.4, 0.5) is 10.7 Å². The van der Waals surface area contributed by atoms with Gasteiger partial charge in [-0.1, -0.05) is 66.2 Å². The zero-order chi connectivity index (χ0) is 33.2. The lowest BCUT2D eigenvalue weighted by atomic mass is 10.0. The Kier molecular flexibility index (Phi) is 10.9. The lowest BCUT2D eigenvalue weighted by Crippen LogP contribution is -2.30. The van der Waals surface area contributed by atoms with Crippen molar-refractivity contribution in [1.29, 1.82) is 5.26 Å². The van der Waals surface area contributed by atoms with Crippen molar-refractivity contribution >= 4 is 57.6 Å². The number of hydrogen-bond acceptors (Lipinski definition) is 7. The SMILES string of the molecule is COc1ccc(/C=C(/NC(=O)c2ccccc2)C(=O)Nc2cccc(SCC(=O)Nc3scc(-c4ccc(C)cc4)c3C#N)c2)cc1. The molecule has 0 aliphatic heterocycles. The van der Waals surface area contributed by atoms with Gasteiger partial charge in [0.2, 0.25) is 5.91 Å². The summed E-state index contributed by atoms with van der Waals surface area (Å²) in [6.45, 7) is 2.00. The fraction of sp³-hybridized carbons (Fsp3) is 0.0811. The predicted octanol–water partition coefficient (Wildman–Crippen LogP) is 7.74. The Morgan fingerprint density at radius 2 is 1.66 bits per heavy atom.